The third kappa shape index (κ3) is 4.66. The van der Waals surface area contributed by atoms with Crippen molar-refractivity contribution in [1.82, 2.24) is 19.5 Å². The number of imidazole rings is 1. The first-order valence-corrected chi connectivity index (χ1v) is 7.10. The number of aromatic amines is 1. The molecule has 0 fully saturated rings. The van der Waals surface area contributed by atoms with Crippen molar-refractivity contribution in [3.63, 3.8) is 0 Å². The van der Waals surface area contributed by atoms with Gasteiger partial charge in [-0.1, -0.05) is 13.8 Å². The van der Waals surface area contributed by atoms with Crippen LogP contribution in [0.3, 0.4) is 0 Å². The van der Waals surface area contributed by atoms with Gasteiger partial charge in [-0.05, 0) is 5.92 Å². The van der Waals surface area contributed by atoms with Gasteiger partial charge in [0.25, 0.3) is 5.56 Å². The highest BCUT2D eigenvalue weighted by molar-refractivity contribution is 5.75. The van der Waals surface area contributed by atoms with E-state index in [1.807, 2.05) is 13.8 Å². The van der Waals surface area contributed by atoms with E-state index in [-0.39, 0.29) is 49.7 Å². The van der Waals surface area contributed by atoms with Crippen LogP contribution in [-0.2, 0) is 21.0 Å². The summed E-state index contributed by atoms with van der Waals surface area (Å²) in [7, 11) is 0. The molecule has 1 atom stereocenters. The molecular formula is C13H20ClN6O4-. The second-order valence-electron chi connectivity index (χ2n) is 5.31. The number of hydrogen-bond donors (Lipinski definition) is 3. The SMILES string of the molecule is CC(C)[C@H](N)C(=O)OCCOCn1cnc2c(=O)[nH]c(N)nc21.[Cl-]. The first-order valence-electron chi connectivity index (χ1n) is 7.10. The van der Waals surface area contributed by atoms with Gasteiger partial charge in [0.1, 0.15) is 19.4 Å². The molecule has 10 nitrogen and oxygen atoms in total. The van der Waals surface area contributed by atoms with Gasteiger partial charge in [-0.3, -0.25) is 19.1 Å². The molecule has 0 spiro atoms. The molecule has 5 N–H and O–H groups in total. The van der Waals surface area contributed by atoms with Crippen LogP contribution in [0.5, 0.6) is 0 Å². The minimum Gasteiger partial charge on any atom is -1.00 e. The van der Waals surface area contributed by atoms with Gasteiger partial charge in [0, 0.05) is 0 Å². The smallest absolute Gasteiger partial charge is 0.323 e. The summed E-state index contributed by atoms with van der Waals surface area (Å²) in [5, 5.41) is 0. The summed E-state index contributed by atoms with van der Waals surface area (Å²) in [5.74, 6) is -0.450. The number of nitrogens with two attached hydrogens (primary N) is 2. The minimum absolute atomic E-state index is 0. The van der Waals surface area contributed by atoms with Crippen molar-refractivity contribution in [2.45, 2.75) is 26.6 Å². The number of carbonyl (C=O) groups is 1. The maximum atomic E-state index is 11.6. The van der Waals surface area contributed by atoms with Gasteiger partial charge in [-0.2, -0.15) is 4.98 Å². The largest absolute Gasteiger partial charge is 1.00 e. The molecule has 2 aromatic heterocycles. The van der Waals surface area contributed by atoms with Crippen molar-refractivity contribution in [3.05, 3.63) is 16.7 Å². The maximum Gasteiger partial charge on any atom is 0.323 e. The Morgan fingerprint density at radius 1 is 1.42 bits per heavy atom. The number of aromatic nitrogens is 4. The lowest BCUT2D eigenvalue weighted by Gasteiger charge is -2.14. The number of nitrogens with zero attached hydrogens (tertiary/aromatic N) is 3. The van der Waals surface area contributed by atoms with Crippen molar-refractivity contribution >= 4 is 23.1 Å². The molecule has 2 heterocycles. The van der Waals surface area contributed by atoms with Crippen LogP contribution in [-0.4, -0.2) is 44.7 Å². The van der Waals surface area contributed by atoms with Gasteiger partial charge >= 0.3 is 5.97 Å². The molecule has 0 aliphatic heterocycles. The molecule has 0 radical (unpaired) electrons. The average Bonchev–Trinajstić information content (AvgIpc) is 2.89. The Bertz CT molecular complexity index is 744. The van der Waals surface area contributed by atoms with E-state index in [0.717, 1.165) is 0 Å². The fourth-order valence-electron chi connectivity index (χ4n) is 1.80. The molecule has 0 amide bonds. The van der Waals surface area contributed by atoms with Gasteiger partial charge in [0.2, 0.25) is 5.95 Å². The highest BCUT2D eigenvalue weighted by Crippen LogP contribution is 2.06. The Morgan fingerprint density at radius 3 is 2.79 bits per heavy atom. The molecule has 0 aromatic carbocycles. The Balaban J connectivity index is 0.00000288. The number of esters is 1. The molecular weight excluding hydrogens is 340 g/mol. The summed E-state index contributed by atoms with van der Waals surface area (Å²) in [6, 6.07) is -0.647. The van der Waals surface area contributed by atoms with Crippen molar-refractivity contribution in [2.75, 3.05) is 18.9 Å². The molecule has 2 aromatic rings. The number of hydrogen-bond acceptors (Lipinski definition) is 8. The lowest BCUT2D eigenvalue weighted by Crippen LogP contribution is -3.00. The van der Waals surface area contributed by atoms with E-state index < -0.39 is 17.6 Å². The molecule has 2 rings (SSSR count). The summed E-state index contributed by atoms with van der Waals surface area (Å²) >= 11 is 0. The highest BCUT2D eigenvalue weighted by Gasteiger charge is 2.18. The van der Waals surface area contributed by atoms with Crippen LogP contribution in [0.1, 0.15) is 13.8 Å². The average molecular weight is 360 g/mol. The molecule has 0 unspecified atom stereocenters. The quantitative estimate of drug-likeness (QED) is 0.336. The second kappa shape index (κ2) is 8.62. The zero-order valence-corrected chi connectivity index (χ0v) is 14.1. The zero-order chi connectivity index (χ0) is 17.0. The first-order chi connectivity index (χ1) is 10.9. The number of fused-ring (bicyclic) bond motifs is 1. The van der Waals surface area contributed by atoms with E-state index in [0.29, 0.717) is 5.65 Å². The number of ether oxygens (including phenoxy) is 2. The monoisotopic (exact) mass is 359 g/mol. The van der Waals surface area contributed by atoms with Crippen LogP contribution in [0.25, 0.3) is 11.2 Å². The number of carbonyl (C=O) groups excluding carboxylic acids is 1. The van der Waals surface area contributed by atoms with Crippen LogP contribution in [0.4, 0.5) is 5.95 Å². The number of rotatable bonds is 7. The summed E-state index contributed by atoms with van der Waals surface area (Å²) in [5.41, 5.74) is 11.2. The Hall–Kier alpha value is -2.17. The third-order valence-corrected chi connectivity index (χ3v) is 3.19. The molecule has 0 aliphatic carbocycles. The fraction of sp³-hybridized carbons (Fsp3) is 0.538. The molecule has 0 bridgehead atoms. The van der Waals surface area contributed by atoms with Gasteiger partial charge in [-0.25, -0.2) is 4.98 Å². The van der Waals surface area contributed by atoms with E-state index in [9.17, 15) is 9.59 Å². The third-order valence-electron chi connectivity index (χ3n) is 3.19. The lowest BCUT2D eigenvalue weighted by atomic mass is 10.1. The van der Waals surface area contributed by atoms with Crippen LogP contribution in [0, 0.1) is 5.92 Å². The lowest BCUT2D eigenvalue weighted by molar-refractivity contribution is -0.148. The molecule has 134 valence electrons. The Morgan fingerprint density at radius 2 is 2.12 bits per heavy atom. The number of H-pyrrole nitrogens is 1. The summed E-state index contributed by atoms with van der Waals surface area (Å²) in [4.78, 5) is 33.5. The molecule has 11 heteroatoms. The Kier molecular flexibility index (Phi) is 7.14. The van der Waals surface area contributed by atoms with E-state index in [1.165, 1.54) is 10.9 Å². The van der Waals surface area contributed by atoms with Crippen molar-refractivity contribution < 1.29 is 26.7 Å². The first kappa shape index (κ1) is 19.9. The fourth-order valence-corrected chi connectivity index (χ4v) is 1.80. The second-order valence-corrected chi connectivity index (χ2v) is 5.31. The van der Waals surface area contributed by atoms with Crippen LogP contribution in [0.15, 0.2) is 11.1 Å². The van der Waals surface area contributed by atoms with Gasteiger partial charge in [-0.15, -0.1) is 0 Å². The molecule has 0 saturated heterocycles. The van der Waals surface area contributed by atoms with Crippen LogP contribution >= 0.6 is 0 Å². The zero-order valence-electron chi connectivity index (χ0n) is 13.4. The number of anilines is 1. The Labute approximate surface area is 143 Å². The topological polar surface area (TPSA) is 151 Å². The predicted molar refractivity (Wildman–Crippen MR) is 82.3 cm³/mol. The number of halogens is 1. The standard InChI is InChI=1S/C13H20N6O4.ClH/c1-7(2)8(14)12(21)23-4-3-22-6-19-5-16-9-10(19)17-13(15)18-11(9)20;/h5,7-8H,3-4,6,14H2,1-2H3,(H3,15,17,18,20);1H/p-1/t8-;/m0./s1. The molecule has 0 saturated carbocycles. The minimum atomic E-state index is -0.647. The van der Waals surface area contributed by atoms with Crippen molar-refractivity contribution in [3.8, 4) is 0 Å². The molecule has 24 heavy (non-hydrogen) atoms. The maximum absolute atomic E-state index is 11.6. The van der Waals surface area contributed by atoms with Crippen LogP contribution < -0.4 is 29.4 Å². The molecule has 0 aliphatic rings. The summed E-state index contributed by atoms with van der Waals surface area (Å²) in [6.45, 7) is 4.04. The normalized spacial score (nSPS) is 12.2. The predicted octanol–water partition coefficient (Wildman–Crippen LogP) is -3.79. The van der Waals surface area contributed by atoms with Crippen molar-refractivity contribution in [2.24, 2.45) is 11.7 Å². The number of nitrogens with one attached hydrogen (secondary N) is 1. The van der Waals surface area contributed by atoms with E-state index in [2.05, 4.69) is 15.0 Å². The van der Waals surface area contributed by atoms with Gasteiger partial charge < -0.3 is 33.3 Å². The van der Waals surface area contributed by atoms with Crippen molar-refractivity contribution in [1.29, 1.82) is 0 Å². The number of nitrogen functional groups attached to an aromatic ring is 1. The van der Waals surface area contributed by atoms with E-state index >= 15 is 0 Å². The highest BCUT2D eigenvalue weighted by atomic mass is 35.5. The van der Waals surface area contributed by atoms with Gasteiger partial charge in [0.15, 0.2) is 11.2 Å². The van der Waals surface area contributed by atoms with Crippen LogP contribution in [0.2, 0.25) is 0 Å². The van der Waals surface area contributed by atoms with Gasteiger partial charge in [0.05, 0.1) is 12.9 Å². The van der Waals surface area contributed by atoms with E-state index in [4.69, 9.17) is 20.9 Å². The summed E-state index contributed by atoms with van der Waals surface area (Å²) in [6.07, 6.45) is 1.42. The van der Waals surface area contributed by atoms with E-state index in [1.54, 1.807) is 0 Å². The summed E-state index contributed by atoms with van der Waals surface area (Å²) < 4.78 is 11.9.